The van der Waals surface area contributed by atoms with Gasteiger partial charge >= 0.3 is 12.1 Å². The van der Waals surface area contributed by atoms with Gasteiger partial charge < -0.3 is 21.3 Å². The molecule has 0 spiro atoms. The maximum atomic E-state index is 10.9. The SMILES string of the molecule is CCC(NC(=O)NC)NC(=O)NC. The van der Waals surface area contributed by atoms with Crippen molar-refractivity contribution in [2.24, 2.45) is 0 Å². The number of rotatable bonds is 3. The molecule has 0 aromatic carbocycles. The van der Waals surface area contributed by atoms with E-state index in [1.807, 2.05) is 6.92 Å². The summed E-state index contributed by atoms with van der Waals surface area (Å²) in [5, 5.41) is 9.92. The van der Waals surface area contributed by atoms with Gasteiger partial charge in [-0.2, -0.15) is 0 Å². The van der Waals surface area contributed by atoms with Crippen molar-refractivity contribution in [2.45, 2.75) is 19.5 Å². The molecule has 0 rings (SSSR count). The lowest BCUT2D eigenvalue weighted by Gasteiger charge is -2.17. The maximum Gasteiger partial charge on any atom is 0.316 e. The summed E-state index contributed by atoms with van der Waals surface area (Å²) in [6.45, 7) is 1.86. The van der Waals surface area contributed by atoms with E-state index in [-0.39, 0.29) is 18.2 Å². The van der Waals surface area contributed by atoms with Gasteiger partial charge in [0, 0.05) is 14.1 Å². The highest BCUT2D eigenvalue weighted by atomic mass is 16.2. The highest BCUT2D eigenvalue weighted by Crippen LogP contribution is 1.85. The van der Waals surface area contributed by atoms with Crippen LogP contribution in [0.5, 0.6) is 0 Å². The Bertz CT molecular complexity index is 165. The van der Waals surface area contributed by atoms with E-state index >= 15 is 0 Å². The molecule has 0 aliphatic carbocycles. The van der Waals surface area contributed by atoms with Crippen LogP contribution < -0.4 is 21.3 Å². The molecule has 0 bridgehead atoms. The van der Waals surface area contributed by atoms with Gasteiger partial charge in [0.25, 0.3) is 0 Å². The van der Waals surface area contributed by atoms with Crippen LogP contribution in [0.3, 0.4) is 0 Å². The molecule has 0 heterocycles. The van der Waals surface area contributed by atoms with Gasteiger partial charge in [-0.15, -0.1) is 0 Å². The minimum absolute atomic E-state index is 0.316. The molecule has 6 heteroatoms. The maximum absolute atomic E-state index is 10.9. The Kier molecular flexibility index (Phi) is 5.42. The lowest BCUT2D eigenvalue weighted by atomic mass is 10.4. The van der Waals surface area contributed by atoms with Crippen molar-refractivity contribution in [3.05, 3.63) is 0 Å². The van der Waals surface area contributed by atoms with Gasteiger partial charge in [0.05, 0.1) is 0 Å². The molecule has 13 heavy (non-hydrogen) atoms. The van der Waals surface area contributed by atoms with Crippen molar-refractivity contribution < 1.29 is 9.59 Å². The van der Waals surface area contributed by atoms with E-state index in [2.05, 4.69) is 21.3 Å². The third-order valence-electron chi connectivity index (χ3n) is 1.47. The van der Waals surface area contributed by atoms with Crippen LogP contribution in [-0.2, 0) is 0 Å². The van der Waals surface area contributed by atoms with Gasteiger partial charge in [0.15, 0.2) is 0 Å². The van der Waals surface area contributed by atoms with E-state index in [4.69, 9.17) is 0 Å². The van der Waals surface area contributed by atoms with E-state index < -0.39 is 0 Å². The average Bonchev–Trinajstić information content (AvgIpc) is 2.16. The summed E-state index contributed by atoms with van der Waals surface area (Å²) in [6, 6.07) is -0.633. The molecule has 76 valence electrons. The molecule has 0 aliphatic rings. The molecule has 6 nitrogen and oxygen atoms in total. The molecule has 4 N–H and O–H groups in total. The molecule has 0 radical (unpaired) electrons. The first kappa shape index (κ1) is 11.5. The third kappa shape index (κ3) is 4.89. The largest absolute Gasteiger partial charge is 0.341 e. The molecule has 0 saturated carbocycles. The zero-order valence-corrected chi connectivity index (χ0v) is 8.10. The van der Waals surface area contributed by atoms with Gasteiger partial charge in [0.2, 0.25) is 0 Å². The number of urea groups is 2. The molecule has 0 atom stereocenters. The Labute approximate surface area is 77.5 Å². The molecule has 4 amide bonds. The first-order chi connectivity index (χ1) is 6.13. The quantitative estimate of drug-likeness (QED) is 0.454. The standard InChI is InChI=1S/C7H16N4O2/c1-4-5(10-6(12)8-2)11-7(13)9-3/h5H,4H2,1-3H3,(H2,8,10,12)(H2,9,11,13). The first-order valence-electron chi connectivity index (χ1n) is 4.10. The molecule has 0 aromatic rings. The zero-order valence-electron chi connectivity index (χ0n) is 8.10. The molecule has 0 aliphatic heterocycles. The lowest BCUT2D eigenvalue weighted by Crippen LogP contribution is -2.52. The summed E-state index contributed by atoms with van der Waals surface area (Å²) >= 11 is 0. The fourth-order valence-electron chi connectivity index (χ4n) is 0.701. The summed E-state index contributed by atoms with van der Waals surface area (Å²) in [5.41, 5.74) is 0. The van der Waals surface area contributed by atoms with E-state index in [9.17, 15) is 9.59 Å². The van der Waals surface area contributed by atoms with Crippen molar-refractivity contribution in [3.8, 4) is 0 Å². The summed E-state index contributed by atoms with van der Waals surface area (Å²) in [7, 11) is 3.03. The Morgan fingerprint density at radius 3 is 1.69 bits per heavy atom. The average molecular weight is 188 g/mol. The highest BCUT2D eigenvalue weighted by Gasteiger charge is 2.10. The van der Waals surface area contributed by atoms with Gasteiger partial charge in [-0.05, 0) is 6.42 Å². The smallest absolute Gasteiger partial charge is 0.316 e. The van der Waals surface area contributed by atoms with E-state index in [1.165, 1.54) is 14.1 Å². The fraction of sp³-hybridized carbons (Fsp3) is 0.714. The van der Waals surface area contributed by atoms with Crippen LogP contribution in [0.25, 0.3) is 0 Å². The van der Waals surface area contributed by atoms with Crippen molar-refractivity contribution in [1.82, 2.24) is 21.3 Å². The summed E-state index contributed by atoms with van der Waals surface area (Å²) in [5.74, 6) is 0. The van der Waals surface area contributed by atoms with Gasteiger partial charge in [-0.1, -0.05) is 6.92 Å². The monoisotopic (exact) mass is 188 g/mol. The zero-order chi connectivity index (χ0) is 10.3. The number of amides is 4. The molecule has 0 fully saturated rings. The number of hydrogen-bond acceptors (Lipinski definition) is 2. The van der Waals surface area contributed by atoms with Crippen LogP contribution in [0.1, 0.15) is 13.3 Å². The Balaban J connectivity index is 3.89. The minimum Gasteiger partial charge on any atom is -0.341 e. The summed E-state index contributed by atoms with van der Waals surface area (Å²) in [6.07, 6.45) is 0.279. The number of nitrogens with one attached hydrogen (secondary N) is 4. The highest BCUT2D eigenvalue weighted by molar-refractivity contribution is 5.76. The molecule has 0 aromatic heterocycles. The Morgan fingerprint density at radius 1 is 1.08 bits per heavy atom. The Morgan fingerprint density at radius 2 is 1.46 bits per heavy atom. The number of carbonyl (C=O) groups excluding carboxylic acids is 2. The van der Waals surface area contributed by atoms with E-state index in [0.29, 0.717) is 6.42 Å². The normalized spacial score (nSPS) is 9.23. The fourth-order valence-corrected chi connectivity index (χ4v) is 0.701. The summed E-state index contributed by atoms with van der Waals surface area (Å²) < 4.78 is 0. The second-order valence-corrected chi connectivity index (χ2v) is 2.41. The molecular formula is C7H16N4O2. The van der Waals surface area contributed by atoms with Crippen LogP contribution >= 0.6 is 0 Å². The topological polar surface area (TPSA) is 82.3 Å². The van der Waals surface area contributed by atoms with Crippen molar-refractivity contribution >= 4 is 12.1 Å². The second kappa shape index (κ2) is 6.10. The Hall–Kier alpha value is -1.46. The van der Waals surface area contributed by atoms with Crippen LogP contribution in [0, 0.1) is 0 Å². The number of carbonyl (C=O) groups is 2. The predicted molar refractivity (Wildman–Crippen MR) is 49.3 cm³/mol. The van der Waals surface area contributed by atoms with Crippen molar-refractivity contribution in [3.63, 3.8) is 0 Å². The third-order valence-corrected chi connectivity index (χ3v) is 1.47. The molecule has 0 saturated heterocycles. The molecular weight excluding hydrogens is 172 g/mol. The first-order valence-corrected chi connectivity index (χ1v) is 4.10. The van der Waals surface area contributed by atoms with E-state index in [1.54, 1.807) is 0 Å². The van der Waals surface area contributed by atoms with Gasteiger partial charge in [0.1, 0.15) is 6.17 Å². The van der Waals surface area contributed by atoms with Gasteiger partial charge in [-0.3, -0.25) is 0 Å². The number of hydrogen-bond donors (Lipinski definition) is 4. The van der Waals surface area contributed by atoms with Crippen LogP contribution in [-0.4, -0.2) is 32.3 Å². The molecule has 0 unspecified atom stereocenters. The van der Waals surface area contributed by atoms with E-state index in [0.717, 1.165) is 0 Å². The van der Waals surface area contributed by atoms with Crippen LogP contribution in [0.4, 0.5) is 9.59 Å². The predicted octanol–water partition coefficient (Wildman–Crippen LogP) is -0.419. The second-order valence-electron chi connectivity index (χ2n) is 2.41. The van der Waals surface area contributed by atoms with Crippen molar-refractivity contribution in [2.75, 3.05) is 14.1 Å². The lowest BCUT2D eigenvalue weighted by molar-refractivity contribution is 0.227. The van der Waals surface area contributed by atoms with Crippen LogP contribution in [0.15, 0.2) is 0 Å². The summed E-state index contributed by atoms with van der Waals surface area (Å²) in [4.78, 5) is 21.7. The minimum atomic E-state index is -0.347. The van der Waals surface area contributed by atoms with Crippen LogP contribution in [0.2, 0.25) is 0 Å². The van der Waals surface area contributed by atoms with Crippen molar-refractivity contribution in [1.29, 1.82) is 0 Å². The van der Waals surface area contributed by atoms with Gasteiger partial charge in [-0.25, -0.2) is 9.59 Å².